The number of anilines is 1. The summed E-state index contributed by atoms with van der Waals surface area (Å²) in [5.74, 6) is -0.0349. The molecule has 1 aliphatic heterocycles. The van der Waals surface area contributed by atoms with Crippen molar-refractivity contribution in [2.45, 2.75) is 33.4 Å². The minimum atomic E-state index is -0.468. The van der Waals surface area contributed by atoms with Gasteiger partial charge in [-0.25, -0.2) is 4.79 Å². The van der Waals surface area contributed by atoms with Gasteiger partial charge in [0.1, 0.15) is 6.04 Å². The predicted octanol–water partition coefficient (Wildman–Crippen LogP) is 2.54. The van der Waals surface area contributed by atoms with E-state index in [1.54, 1.807) is 27.6 Å². The average molecular weight is 459 g/mol. The Kier molecular flexibility index (Phi) is 8.04. The lowest BCUT2D eigenvalue weighted by Gasteiger charge is -2.35. The van der Waals surface area contributed by atoms with Gasteiger partial charge in [-0.15, -0.1) is 0 Å². The number of nitrogens with one attached hydrogen (secondary N) is 2. The molecule has 1 saturated heterocycles. The smallest absolute Gasteiger partial charge is 0.409 e. The Morgan fingerprint density at radius 3 is 2.47 bits per heavy atom. The third-order valence-electron chi connectivity index (χ3n) is 5.33. The van der Waals surface area contributed by atoms with Gasteiger partial charge in [0.25, 0.3) is 0 Å². The second-order valence-electron chi connectivity index (χ2n) is 7.59. The number of hydrogen-bond donors (Lipinski definition) is 2. The molecule has 10 heteroatoms. The van der Waals surface area contributed by atoms with Crippen molar-refractivity contribution in [1.29, 1.82) is 0 Å². The van der Waals surface area contributed by atoms with Gasteiger partial charge in [0, 0.05) is 38.9 Å². The Labute approximate surface area is 193 Å². The van der Waals surface area contributed by atoms with Crippen molar-refractivity contribution in [2.75, 3.05) is 38.1 Å². The van der Waals surface area contributed by atoms with Gasteiger partial charge in [0.15, 0.2) is 5.11 Å². The lowest BCUT2D eigenvalue weighted by atomic mass is 10.2. The summed E-state index contributed by atoms with van der Waals surface area (Å²) in [6.45, 7) is 8.30. The van der Waals surface area contributed by atoms with E-state index >= 15 is 0 Å². The maximum atomic E-state index is 13.0. The highest BCUT2D eigenvalue weighted by molar-refractivity contribution is 7.80. The van der Waals surface area contributed by atoms with Gasteiger partial charge in [-0.3, -0.25) is 9.48 Å². The predicted molar refractivity (Wildman–Crippen MR) is 126 cm³/mol. The Balaban J connectivity index is 1.53. The van der Waals surface area contributed by atoms with Crippen molar-refractivity contribution in [3.63, 3.8) is 0 Å². The molecule has 2 aromatic rings. The van der Waals surface area contributed by atoms with Crippen LogP contribution in [0.2, 0.25) is 0 Å². The van der Waals surface area contributed by atoms with Crippen molar-refractivity contribution >= 4 is 35.0 Å². The van der Waals surface area contributed by atoms with Crippen LogP contribution >= 0.6 is 12.2 Å². The maximum Gasteiger partial charge on any atom is 0.409 e. The minimum absolute atomic E-state index is 0.0349. The molecular weight excluding hydrogens is 428 g/mol. The number of carbonyl (C=O) groups excluding carboxylic acids is 2. The molecule has 1 aromatic carbocycles. The molecule has 0 saturated carbocycles. The van der Waals surface area contributed by atoms with Crippen LogP contribution in [0.1, 0.15) is 31.1 Å². The van der Waals surface area contributed by atoms with Crippen LogP contribution in [0.5, 0.6) is 0 Å². The molecule has 1 fully saturated rings. The van der Waals surface area contributed by atoms with Crippen molar-refractivity contribution in [3.8, 4) is 0 Å². The standard InChI is InChI=1S/C22H30N6O3S/c1-4-31-22(30)27-12-10-26(11-13-27)20(29)17(3)28-15-19(16(2)25-28)24-21(32)23-14-18-8-6-5-7-9-18/h5-9,15,17H,4,10-14H2,1-3H3,(H2,23,24,32). The van der Waals surface area contributed by atoms with Crippen molar-refractivity contribution in [2.24, 2.45) is 0 Å². The summed E-state index contributed by atoms with van der Waals surface area (Å²) in [6.07, 6.45) is 1.46. The number of aryl methyl sites for hydroxylation is 1. The molecular formula is C22H30N6O3S. The Morgan fingerprint density at radius 2 is 1.81 bits per heavy atom. The lowest BCUT2D eigenvalue weighted by Crippen LogP contribution is -2.52. The van der Waals surface area contributed by atoms with E-state index in [1.807, 2.05) is 44.2 Å². The van der Waals surface area contributed by atoms with E-state index in [0.29, 0.717) is 44.4 Å². The van der Waals surface area contributed by atoms with Gasteiger partial charge in [0.2, 0.25) is 5.91 Å². The van der Waals surface area contributed by atoms with Crippen LogP contribution in [0.3, 0.4) is 0 Å². The second-order valence-corrected chi connectivity index (χ2v) is 8.00. The number of amides is 2. The van der Waals surface area contributed by atoms with Gasteiger partial charge >= 0.3 is 6.09 Å². The van der Waals surface area contributed by atoms with E-state index in [4.69, 9.17) is 17.0 Å². The number of benzene rings is 1. The molecule has 32 heavy (non-hydrogen) atoms. The lowest BCUT2D eigenvalue weighted by molar-refractivity contribution is -0.136. The molecule has 1 aliphatic rings. The molecule has 0 bridgehead atoms. The Morgan fingerprint density at radius 1 is 1.16 bits per heavy atom. The SMILES string of the molecule is CCOC(=O)N1CCN(C(=O)C(C)n2cc(NC(=S)NCc3ccccc3)c(C)n2)CC1. The number of aromatic nitrogens is 2. The number of thiocarbonyl (C=S) groups is 1. The van der Waals surface area contributed by atoms with Crippen LogP contribution in [-0.4, -0.2) is 69.5 Å². The number of piperazine rings is 1. The van der Waals surface area contributed by atoms with E-state index in [1.165, 1.54) is 0 Å². The first kappa shape index (κ1) is 23.5. The molecule has 9 nitrogen and oxygen atoms in total. The molecule has 2 heterocycles. The summed E-state index contributed by atoms with van der Waals surface area (Å²) in [6, 6.07) is 9.52. The highest BCUT2D eigenvalue weighted by Crippen LogP contribution is 2.18. The zero-order valence-corrected chi connectivity index (χ0v) is 19.5. The van der Waals surface area contributed by atoms with Gasteiger partial charge in [-0.1, -0.05) is 30.3 Å². The van der Waals surface area contributed by atoms with Crippen LogP contribution in [0.25, 0.3) is 0 Å². The van der Waals surface area contributed by atoms with Crippen molar-refractivity contribution in [1.82, 2.24) is 24.9 Å². The maximum absolute atomic E-state index is 13.0. The van der Waals surface area contributed by atoms with E-state index in [2.05, 4.69) is 15.7 Å². The topological polar surface area (TPSA) is 91.7 Å². The molecule has 3 rings (SSSR count). The highest BCUT2D eigenvalue weighted by atomic mass is 32.1. The van der Waals surface area contributed by atoms with Crippen LogP contribution in [0.4, 0.5) is 10.5 Å². The summed E-state index contributed by atoms with van der Waals surface area (Å²) in [5.41, 5.74) is 2.63. The summed E-state index contributed by atoms with van der Waals surface area (Å²) >= 11 is 5.40. The van der Waals surface area contributed by atoms with Crippen LogP contribution < -0.4 is 10.6 Å². The average Bonchev–Trinajstić information content (AvgIpc) is 3.17. The molecule has 1 unspecified atom stereocenters. The zero-order chi connectivity index (χ0) is 23.1. The van der Waals surface area contributed by atoms with Gasteiger partial charge in [-0.2, -0.15) is 5.10 Å². The minimum Gasteiger partial charge on any atom is -0.450 e. The van der Waals surface area contributed by atoms with Crippen LogP contribution in [0, 0.1) is 6.92 Å². The normalized spacial score (nSPS) is 14.6. The highest BCUT2D eigenvalue weighted by Gasteiger charge is 2.28. The third kappa shape index (κ3) is 5.97. The van der Waals surface area contributed by atoms with Crippen LogP contribution in [0.15, 0.2) is 36.5 Å². The fourth-order valence-electron chi connectivity index (χ4n) is 3.45. The summed E-state index contributed by atoms with van der Waals surface area (Å²) in [4.78, 5) is 28.2. The molecule has 0 spiro atoms. The van der Waals surface area contributed by atoms with Gasteiger partial charge < -0.3 is 25.2 Å². The van der Waals surface area contributed by atoms with Crippen LogP contribution in [-0.2, 0) is 16.1 Å². The molecule has 1 aromatic heterocycles. The third-order valence-corrected chi connectivity index (χ3v) is 5.58. The fraction of sp³-hybridized carbons (Fsp3) is 0.455. The first-order valence-electron chi connectivity index (χ1n) is 10.7. The summed E-state index contributed by atoms with van der Waals surface area (Å²) in [5, 5.41) is 11.3. The fourth-order valence-corrected chi connectivity index (χ4v) is 3.63. The first-order valence-corrected chi connectivity index (χ1v) is 11.1. The molecule has 1 atom stereocenters. The largest absolute Gasteiger partial charge is 0.450 e. The monoisotopic (exact) mass is 458 g/mol. The Bertz CT molecular complexity index is 940. The zero-order valence-electron chi connectivity index (χ0n) is 18.7. The summed E-state index contributed by atoms with van der Waals surface area (Å²) in [7, 11) is 0. The van der Waals surface area contributed by atoms with E-state index < -0.39 is 6.04 Å². The van der Waals surface area contributed by atoms with Gasteiger partial charge in [0.05, 0.1) is 18.0 Å². The van der Waals surface area contributed by atoms with E-state index in [9.17, 15) is 9.59 Å². The Hall–Kier alpha value is -3.14. The summed E-state index contributed by atoms with van der Waals surface area (Å²) < 4.78 is 6.68. The quantitative estimate of drug-likeness (QED) is 0.643. The number of nitrogens with zero attached hydrogens (tertiary/aromatic N) is 4. The molecule has 172 valence electrons. The molecule has 0 aliphatic carbocycles. The van der Waals surface area contributed by atoms with E-state index in [0.717, 1.165) is 16.9 Å². The molecule has 2 N–H and O–H groups in total. The molecule has 0 radical (unpaired) electrons. The number of ether oxygens (including phenoxy) is 1. The van der Waals surface area contributed by atoms with E-state index in [-0.39, 0.29) is 12.0 Å². The van der Waals surface area contributed by atoms with Crippen molar-refractivity contribution < 1.29 is 14.3 Å². The van der Waals surface area contributed by atoms with Gasteiger partial charge in [-0.05, 0) is 38.6 Å². The second kappa shape index (κ2) is 10.9. The number of rotatable bonds is 6. The molecule has 2 amide bonds. The first-order chi connectivity index (χ1) is 15.4. The van der Waals surface area contributed by atoms with Crippen molar-refractivity contribution in [3.05, 3.63) is 47.8 Å². The number of hydrogen-bond acceptors (Lipinski definition) is 5. The number of carbonyl (C=O) groups is 2.